The van der Waals surface area contributed by atoms with Crippen molar-refractivity contribution in [2.45, 2.75) is 69.8 Å². The maximum atomic E-state index is 13.2. The number of carbonyl (C=O) groups excluding carboxylic acids is 1. The van der Waals surface area contributed by atoms with Crippen LogP contribution in [-0.2, 0) is 4.74 Å². The van der Waals surface area contributed by atoms with Crippen LogP contribution >= 0.6 is 0 Å². The summed E-state index contributed by atoms with van der Waals surface area (Å²) in [7, 11) is 1.71. The molecule has 2 saturated heterocycles. The Balaban J connectivity index is 1.57. The van der Waals surface area contributed by atoms with Crippen LogP contribution in [0.3, 0.4) is 0 Å². The number of amides is 1. The van der Waals surface area contributed by atoms with Crippen molar-refractivity contribution in [1.82, 2.24) is 10.2 Å². The summed E-state index contributed by atoms with van der Waals surface area (Å²) in [6.45, 7) is 6.05. The zero-order valence-electron chi connectivity index (χ0n) is 18.4. The van der Waals surface area contributed by atoms with Crippen LogP contribution in [0, 0.1) is 0 Å². The van der Waals surface area contributed by atoms with Crippen LogP contribution in [-0.4, -0.2) is 77.0 Å². The highest BCUT2D eigenvalue weighted by atomic mass is 16.7. The van der Waals surface area contributed by atoms with Gasteiger partial charge in [-0.05, 0) is 51.9 Å². The molecule has 168 valence electrons. The van der Waals surface area contributed by atoms with E-state index in [1.807, 2.05) is 18.0 Å². The lowest BCUT2D eigenvalue weighted by atomic mass is 9.84. The van der Waals surface area contributed by atoms with Crippen LogP contribution in [0.25, 0.3) is 0 Å². The number of ether oxygens (including phenoxy) is 2. The molecule has 1 amide bonds. The van der Waals surface area contributed by atoms with E-state index in [4.69, 9.17) is 9.47 Å². The minimum absolute atomic E-state index is 0.0417. The molecule has 8 nitrogen and oxygen atoms in total. The van der Waals surface area contributed by atoms with Gasteiger partial charge in [-0.25, -0.2) is 0 Å². The highest BCUT2D eigenvalue weighted by Crippen LogP contribution is 2.35. The molecule has 1 aromatic carbocycles. The average Bonchev–Trinajstić information content (AvgIpc) is 3.08. The number of fused-ring (bicyclic) bond motifs is 2. The topological polar surface area (TPSA) is 104 Å². The third-order valence-corrected chi connectivity index (χ3v) is 6.45. The number of aliphatic hydroxyl groups excluding tert-OH is 1. The second kappa shape index (κ2) is 8.35. The van der Waals surface area contributed by atoms with Gasteiger partial charge in [0.2, 0.25) is 6.29 Å². The van der Waals surface area contributed by atoms with E-state index < -0.39 is 30.1 Å². The van der Waals surface area contributed by atoms with E-state index in [-0.39, 0.29) is 11.9 Å². The van der Waals surface area contributed by atoms with Crippen LogP contribution < -0.4 is 10.1 Å². The van der Waals surface area contributed by atoms with Crippen LogP contribution in [0.15, 0.2) is 34.8 Å². The highest BCUT2D eigenvalue weighted by molar-refractivity contribution is 6.03. The van der Waals surface area contributed by atoms with Crippen molar-refractivity contribution in [1.29, 1.82) is 0 Å². The molecule has 2 fully saturated rings. The molecule has 0 aromatic heterocycles. The summed E-state index contributed by atoms with van der Waals surface area (Å²) >= 11 is 0. The molecule has 0 saturated carbocycles. The number of hydrogen-bond donors (Lipinski definition) is 3. The van der Waals surface area contributed by atoms with Crippen LogP contribution in [0.5, 0.6) is 5.75 Å². The fraction of sp³-hybridized carbons (Fsp3) is 0.565. The lowest BCUT2D eigenvalue weighted by Gasteiger charge is -2.47. The molecule has 31 heavy (non-hydrogen) atoms. The Hall–Kier alpha value is -2.26. The zero-order chi connectivity index (χ0) is 22.3. The Morgan fingerprint density at radius 2 is 2.23 bits per heavy atom. The molecule has 0 spiro atoms. The SMILES string of the molecule is CC/C=C1/C[C@@H]2C=Nc3ccc(O[C@@H]4O[C@@H](C)[C@H](NC)[C@@](C)(O)[C@@H]4O)cc3C(=O)N2C1. The number of aliphatic imine (C=N–C) groups is 1. The number of hydrogen-bond acceptors (Lipinski definition) is 7. The molecule has 0 bridgehead atoms. The van der Waals surface area contributed by atoms with Gasteiger partial charge < -0.3 is 29.9 Å². The molecule has 4 rings (SSSR count). The third kappa shape index (κ3) is 3.89. The Kier molecular flexibility index (Phi) is 5.91. The van der Waals surface area contributed by atoms with E-state index in [1.165, 1.54) is 5.57 Å². The quantitative estimate of drug-likeness (QED) is 0.631. The predicted molar refractivity (Wildman–Crippen MR) is 117 cm³/mol. The maximum absolute atomic E-state index is 13.2. The van der Waals surface area contributed by atoms with E-state index in [1.54, 1.807) is 32.2 Å². The summed E-state index contributed by atoms with van der Waals surface area (Å²) in [6, 6.07) is 4.57. The van der Waals surface area contributed by atoms with Crippen LogP contribution in [0.1, 0.15) is 44.0 Å². The molecular weight excluding hydrogens is 398 g/mol. The molecule has 6 atom stereocenters. The predicted octanol–water partition coefficient (Wildman–Crippen LogP) is 1.78. The Bertz CT molecular complexity index is 912. The Labute approximate surface area is 182 Å². The second-order valence-corrected chi connectivity index (χ2v) is 8.70. The summed E-state index contributed by atoms with van der Waals surface area (Å²) in [5.74, 6) is 0.280. The number of aliphatic hydroxyl groups is 2. The van der Waals surface area contributed by atoms with E-state index in [0.29, 0.717) is 23.5 Å². The summed E-state index contributed by atoms with van der Waals surface area (Å²) in [5, 5.41) is 24.5. The van der Waals surface area contributed by atoms with Crippen molar-refractivity contribution >= 4 is 17.8 Å². The van der Waals surface area contributed by atoms with Gasteiger partial charge in [0.15, 0.2) is 0 Å². The number of likely N-dealkylation sites (N-methyl/N-ethyl adjacent to an activating group) is 1. The van der Waals surface area contributed by atoms with Crippen LogP contribution in [0.4, 0.5) is 5.69 Å². The number of nitrogens with one attached hydrogen (secondary N) is 1. The Morgan fingerprint density at radius 1 is 1.45 bits per heavy atom. The smallest absolute Gasteiger partial charge is 0.257 e. The standard InChI is InChI=1S/C23H31N3O5/c1-5-6-14-9-15-11-25-18-8-7-16(10-17(18)21(28)26(15)12-14)31-22-20(27)23(3,29)19(24-4)13(2)30-22/h6-8,10-11,13,15,19-20,22,24,27,29H,5,9,12H2,1-4H3/b14-6-/t13-,15+,19-,20+,22-,23+/m0/s1. The minimum atomic E-state index is -1.45. The number of nitrogens with zero attached hydrogens (tertiary/aromatic N) is 2. The first-order valence-corrected chi connectivity index (χ1v) is 10.8. The molecule has 8 heteroatoms. The van der Waals surface area contributed by atoms with Crippen molar-refractivity contribution in [3.63, 3.8) is 0 Å². The zero-order valence-corrected chi connectivity index (χ0v) is 18.4. The number of allylic oxidation sites excluding steroid dienone is 1. The van der Waals surface area contributed by atoms with Gasteiger partial charge in [-0.2, -0.15) is 0 Å². The van der Waals surface area contributed by atoms with Crippen molar-refractivity contribution in [2.24, 2.45) is 4.99 Å². The molecule has 1 aromatic rings. The molecule has 3 aliphatic rings. The second-order valence-electron chi connectivity index (χ2n) is 8.70. The number of rotatable bonds is 4. The van der Waals surface area contributed by atoms with Gasteiger partial charge in [-0.15, -0.1) is 0 Å². The van der Waals surface area contributed by atoms with E-state index in [2.05, 4.69) is 23.3 Å². The fourth-order valence-electron chi connectivity index (χ4n) is 4.82. The van der Waals surface area contributed by atoms with Gasteiger partial charge in [0.1, 0.15) is 17.5 Å². The van der Waals surface area contributed by atoms with E-state index in [9.17, 15) is 15.0 Å². The lowest BCUT2D eigenvalue weighted by molar-refractivity contribution is -0.272. The van der Waals surface area contributed by atoms with Gasteiger partial charge in [0, 0.05) is 12.8 Å². The van der Waals surface area contributed by atoms with Crippen molar-refractivity contribution in [2.75, 3.05) is 13.6 Å². The molecule has 0 unspecified atom stereocenters. The van der Waals surface area contributed by atoms with Gasteiger partial charge in [-0.3, -0.25) is 9.79 Å². The largest absolute Gasteiger partial charge is 0.462 e. The first-order chi connectivity index (χ1) is 14.8. The Morgan fingerprint density at radius 3 is 2.94 bits per heavy atom. The highest BCUT2D eigenvalue weighted by Gasteiger charge is 2.51. The summed E-state index contributed by atoms with van der Waals surface area (Å²) in [6.07, 6.45) is 3.01. The number of benzene rings is 1. The van der Waals surface area contributed by atoms with Crippen molar-refractivity contribution in [3.05, 3.63) is 35.4 Å². The summed E-state index contributed by atoms with van der Waals surface area (Å²) in [5.41, 5.74) is 0.839. The summed E-state index contributed by atoms with van der Waals surface area (Å²) < 4.78 is 11.7. The molecule has 0 aliphatic carbocycles. The first-order valence-electron chi connectivity index (χ1n) is 10.8. The van der Waals surface area contributed by atoms with Gasteiger partial charge in [0.05, 0.1) is 29.4 Å². The molecule has 0 radical (unpaired) electrons. The van der Waals surface area contributed by atoms with Crippen molar-refractivity contribution in [3.8, 4) is 5.75 Å². The molecule has 3 aliphatic heterocycles. The van der Waals surface area contributed by atoms with Crippen LogP contribution in [0.2, 0.25) is 0 Å². The fourth-order valence-corrected chi connectivity index (χ4v) is 4.82. The molecule has 3 N–H and O–H groups in total. The first kappa shape index (κ1) is 22.0. The maximum Gasteiger partial charge on any atom is 0.257 e. The lowest BCUT2D eigenvalue weighted by Crippen LogP contribution is -2.69. The van der Waals surface area contributed by atoms with E-state index >= 15 is 0 Å². The van der Waals surface area contributed by atoms with Crippen molar-refractivity contribution < 1.29 is 24.5 Å². The summed E-state index contributed by atoms with van der Waals surface area (Å²) in [4.78, 5) is 19.6. The van der Waals surface area contributed by atoms with Gasteiger partial charge in [0.25, 0.3) is 5.91 Å². The van der Waals surface area contributed by atoms with Gasteiger partial charge in [-0.1, -0.05) is 18.6 Å². The monoisotopic (exact) mass is 429 g/mol. The average molecular weight is 430 g/mol. The van der Waals surface area contributed by atoms with E-state index in [0.717, 1.165) is 12.8 Å². The minimum Gasteiger partial charge on any atom is -0.462 e. The number of carbonyl (C=O) groups is 1. The molecular formula is C23H31N3O5. The van der Waals surface area contributed by atoms with Gasteiger partial charge >= 0.3 is 0 Å². The third-order valence-electron chi connectivity index (χ3n) is 6.45. The normalized spacial score (nSPS) is 36.3. The molecule has 3 heterocycles.